The third-order valence-corrected chi connectivity index (χ3v) is 4.87. The minimum atomic E-state index is -3.53. The Morgan fingerprint density at radius 2 is 1.94 bits per heavy atom. The fraction of sp³-hybridized carbons (Fsp3) is 0.400. The van der Waals surface area contributed by atoms with Gasteiger partial charge in [0.15, 0.2) is 0 Å². The quantitative estimate of drug-likeness (QED) is 0.927. The highest BCUT2D eigenvalue weighted by Crippen LogP contribution is 2.28. The van der Waals surface area contributed by atoms with Crippen molar-refractivity contribution in [2.24, 2.45) is 0 Å². The van der Waals surface area contributed by atoms with Crippen LogP contribution in [0.1, 0.15) is 19.4 Å². The number of benzene rings is 1. The molecule has 0 atom stereocenters. The van der Waals surface area contributed by atoms with Crippen LogP contribution in [0.3, 0.4) is 0 Å². The molecule has 0 heterocycles. The molecule has 0 unspecified atom stereocenters. The van der Waals surface area contributed by atoms with Crippen LogP contribution in [-0.4, -0.2) is 14.5 Å². The number of aryl methyl sites for hydroxylation is 1. The van der Waals surface area contributed by atoms with E-state index in [-0.39, 0.29) is 16.0 Å². The Morgan fingerprint density at radius 1 is 1.38 bits per heavy atom. The number of sulfonamides is 1. The Bertz CT molecular complexity index is 500. The molecular formula is C10H13BrClNO2S. The highest BCUT2D eigenvalue weighted by Gasteiger charge is 2.19. The molecule has 0 aliphatic carbocycles. The number of hydrogen-bond donors (Lipinski definition) is 1. The van der Waals surface area contributed by atoms with Gasteiger partial charge in [-0.05, 0) is 38.5 Å². The van der Waals surface area contributed by atoms with Gasteiger partial charge < -0.3 is 0 Å². The summed E-state index contributed by atoms with van der Waals surface area (Å²) in [5.41, 5.74) is 0.827. The monoisotopic (exact) mass is 325 g/mol. The van der Waals surface area contributed by atoms with E-state index >= 15 is 0 Å². The van der Waals surface area contributed by atoms with E-state index in [9.17, 15) is 8.42 Å². The molecule has 0 saturated carbocycles. The van der Waals surface area contributed by atoms with E-state index in [1.165, 1.54) is 0 Å². The summed E-state index contributed by atoms with van der Waals surface area (Å²) < 4.78 is 27.1. The number of rotatable bonds is 3. The standard InChI is InChI=1S/C10H13BrClNO2S/c1-6(2)13-16(14,15)10-4-7(3)8(11)5-9(10)12/h4-6,13H,1-3H3. The van der Waals surface area contributed by atoms with Gasteiger partial charge in [0, 0.05) is 10.5 Å². The van der Waals surface area contributed by atoms with Crippen LogP contribution in [0.25, 0.3) is 0 Å². The average Bonchev–Trinajstić information content (AvgIpc) is 2.08. The largest absolute Gasteiger partial charge is 0.242 e. The fourth-order valence-corrected chi connectivity index (χ4v) is 3.55. The second-order valence-electron chi connectivity index (χ2n) is 3.81. The van der Waals surface area contributed by atoms with Gasteiger partial charge in [-0.15, -0.1) is 0 Å². The zero-order valence-electron chi connectivity index (χ0n) is 9.21. The molecule has 1 rings (SSSR count). The van der Waals surface area contributed by atoms with Gasteiger partial charge in [0.1, 0.15) is 4.90 Å². The normalized spacial score (nSPS) is 12.1. The first-order valence-corrected chi connectivity index (χ1v) is 7.37. The first kappa shape index (κ1) is 14.0. The van der Waals surface area contributed by atoms with Crippen LogP contribution in [0.5, 0.6) is 0 Å². The zero-order valence-corrected chi connectivity index (χ0v) is 12.4. The lowest BCUT2D eigenvalue weighted by molar-refractivity contribution is 0.570. The molecule has 0 aromatic heterocycles. The van der Waals surface area contributed by atoms with Crippen LogP contribution in [0.4, 0.5) is 0 Å². The lowest BCUT2D eigenvalue weighted by Crippen LogP contribution is -2.30. The Hall–Kier alpha value is -0.100. The smallest absolute Gasteiger partial charge is 0.209 e. The van der Waals surface area contributed by atoms with Crippen molar-refractivity contribution in [3.05, 3.63) is 27.2 Å². The summed E-state index contributed by atoms with van der Waals surface area (Å²) in [6.07, 6.45) is 0. The van der Waals surface area contributed by atoms with Gasteiger partial charge in [-0.1, -0.05) is 27.5 Å². The third-order valence-electron chi connectivity index (χ3n) is 1.89. The molecule has 0 bridgehead atoms. The summed E-state index contributed by atoms with van der Waals surface area (Å²) in [6.45, 7) is 5.34. The first-order valence-electron chi connectivity index (χ1n) is 4.72. The van der Waals surface area contributed by atoms with Gasteiger partial charge in [0.2, 0.25) is 10.0 Å². The van der Waals surface area contributed by atoms with Crippen molar-refractivity contribution in [1.82, 2.24) is 4.72 Å². The van der Waals surface area contributed by atoms with E-state index in [0.717, 1.165) is 10.0 Å². The van der Waals surface area contributed by atoms with Gasteiger partial charge in [-0.2, -0.15) is 0 Å². The summed E-state index contributed by atoms with van der Waals surface area (Å²) in [5, 5.41) is 0.214. The maximum Gasteiger partial charge on any atom is 0.242 e. The van der Waals surface area contributed by atoms with Gasteiger partial charge in [-0.3, -0.25) is 0 Å². The molecule has 1 aromatic rings. The molecule has 6 heteroatoms. The summed E-state index contributed by atoms with van der Waals surface area (Å²) in [4.78, 5) is 0.114. The van der Waals surface area contributed by atoms with Gasteiger partial charge in [-0.25, -0.2) is 13.1 Å². The summed E-state index contributed by atoms with van der Waals surface area (Å²) >= 11 is 9.22. The molecule has 0 spiro atoms. The van der Waals surface area contributed by atoms with E-state index in [2.05, 4.69) is 20.7 Å². The maximum atomic E-state index is 11.9. The van der Waals surface area contributed by atoms with Crippen LogP contribution in [0.2, 0.25) is 5.02 Å². The SMILES string of the molecule is Cc1cc(S(=O)(=O)NC(C)C)c(Cl)cc1Br. The predicted octanol–water partition coefficient (Wildman–Crippen LogP) is 3.10. The molecular weight excluding hydrogens is 314 g/mol. The Kier molecular flexibility index (Phi) is 4.40. The first-order chi connectivity index (χ1) is 7.24. The van der Waals surface area contributed by atoms with Crippen LogP contribution in [-0.2, 0) is 10.0 Å². The van der Waals surface area contributed by atoms with E-state index in [1.807, 2.05) is 6.92 Å². The Balaban J connectivity index is 3.29. The van der Waals surface area contributed by atoms with Crippen LogP contribution >= 0.6 is 27.5 Å². The van der Waals surface area contributed by atoms with Gasteiger partial charge in [0.05, 0.1) is 5.02 Å². The van der Waals surface area contributed by atoms with Crippen LogP contribution in [0.15, 0.2) is 21.5 Å². The lowest BCUT2D eigenvalue weighted by Gasteiger charge is -2.12. The van der Waals surface area contributed by atoms with Crippen molar-refractivity contribution >= 4 is 37.6 Å². The highest BCUT2D eigenvalue weighted by atomic mass is 79.9. The lowest BCUT2D eigenvalue weighted by atomic mass is 10.2. The summed E-state index contributed by atoms with van der Waals surface area (Å²) in [6, 6.07) is 2.98. The number of nitrogens with one attached hydrogen (secondary N) is 1. The third kappa shape index (κ3) is 3.20. The minimum Gasteiger partial charge on any atom is -0.209 e. The van der Waals surface area contributed by atoms with Crippen molar-refractivity contribution < 1.29 is 8.42 Å². The molecule has 90 valence electrons. The second-order valence-corrected chi connectivity index (χ2v) is 6.75. The van der Waals surface area contributed by atoms with Crippen molar-refractivity contribution in [1.29, 1.82) is 0 Å². The topological polar surface area (TPSA) is 46.2 Å². The Labute approximate surface area is 109 Å². The van der Waals surface area contributed by atoms with Gasteiger partial charge in [0.25, 0.3) is 0 Å². The minimum absolute atomic E-state index is 0.114. The van der Waals surface area contributed by atoms with E-state index in [1.54, 1.807) is 26.0 Å². The number of hydrogen-bond acceptors (Lipinski definition) is 2. The molecule has 0 saturated heterocycles. The molecule has 0 amide bonds. The van der Waals surface area contributed by atoms with Crippen molar-refractivity contribution in [3.8, 4) is 0 Å². The Morgan fingerprint density at radius 3 is 2.44 bits per heavy atom. The molecule has 0 radical (unpaired) electrons. The number of halogens is 2. The van der Waals surface area contributed by atoms with Crippen LogP contribution in [0, 0.1) is 6.92 Å². The molecule has 0 aliphatic heterocycles. The van der Waals surface area contributed by atoms with Crippen molar-refractivity contribution in [2.45, 2.75) is 31.7 Å². The van der Waals surface area contributed by atoms with Crippen LogP contribution < -0.4 is 4.72 Å². The molecule has 1 N–H and O–H groups in total. The fourth-order valence-electron chi connectivity index (χ4n) is 1.21. The molecule has 0 fully saturated rings. The maximum absolute atomic E-state index is 11.9. The molecule has 1 aromatic carbocycles. The van der Waals surface area contributed by atoms with E-state index < -0.39 is 10.0 Å². The highest BCUT2D eigenvalue weighted by molar-refractivity contribution is 9.10. The van der Waals surface area contributed by atoms with E-state index in [0.29, 0.717) is 0 Å². The van der Waals surface area contributed by atoms with Crippen molar-refractivity contribution in [3.63, 3.8) is 0 Å². The van der Waals surface area contributed by atoms with E-state index in [4.69, 9.17) is 11.6 Å². The van der Waals surface area contributed by atoms with Gasteiger partial charge >= 0.3 is 0 Å². The molecule has 3 nitrogen and oxygen atoms in total. The second kappa shape index (κ2) is 5.04. The molecule has 16 heavy (non-hydrogen) atoms. The average molecular weight is 327 g/mol. The summed E-state index contributed by atoms with van der Waals surface area (Å²) in [7, 11) is -3.53. The van der Waals surface area contributed by atoms with Crippen molar-refractivity contribution in [2.75, 3.05) is 0 Å². The zero-order chi connectivity index (χ0) is 12.5. The predicted molar refractivity (Wildman–Crippen MR) is 69.3 cm³/mol. The molecule has 0 aliphatic rings. The summed E-state index contributed by atoms with van der Waals surface area (Å²) in [5.74, 6) is 0.